The van der Waals surface area contributed by atoms with E-state index in [0.717, 1.165) is 50.6 Å². The molecule has 3 N–H and O–H groups in total. The largest absolute Gasteiger partial charge is 0.369 e. The Balaban J connectivity index is 1.78. The molecule has 1 aromatic heterocycles. The summed E-state index contributed by atoms with van der Waals surface area (Å²) in [4.78, 5) is 27.9. The highest BCUT2D eigenvalue weighted by molar-refractivity contribution is 5.80. The van der Waals surface area contributed by atoms with Gasteiger partial charge in [-0.05, 0) is 37.8 Å². The van der Waals surface area contributed by atoms with Gasteiger partial charge in [-0.15, -0.1) is 0 Å². The van der Waals surface area contributed by atoms with Crippen LogP contribution in [0.2, 0.25) is 0 Å². The van der Waals surface area contributed by atoms with Gasteiger partial charge < -0.3 is 11.1 Å². The lowest BCUT2D eigenvalue weighted by Gasteiger charge is -2.23. The third-order valence-corrected chi connectivity index (χ3v) is 4.29. The monoisotopic (exact) mass is 303 g/mol. The SMILES string of the molecule is NC(=O)[C@@H]1CCCCC[C@@H]1NC(=O)CCCc1ccccn1. The minimum absolute atomic E-state index is 0.00841. The van der Waals surface area contributed by atoms with Crippen molar-refractivity contribution in [1.82, 2.24) is 10.3 Å². The molecule has 2 atom stereocenters. The Kier molecular flexibility index (Phi) is 6.37. The molecule has 1 aliphatic rings. The van der Waals surface area contributed by atoms with Crippen LogP contribution in [-0.2, 0) is 16.0 Å². The second-order valence-corrected chi connectivity index (χ2v) is 6.00. The number of nitrogens with one attached hydrogen (secondary N) is 1. The summed E-state index contributed by atoms with van der Waals surface area (Å²) in [5, 5.41) is 3.02. The van der Waals surface area contributed by atoms with E-state index in [1.54, 1.807) is 6.20 Å². The highest BCUT2D eigenvalue weighted by Gasteiger charge is 2.28. The first-order valence-corrected chi connectivity index (χ1v) is 8.15. The van der Waals surface area contributed by atoms with Gasteiger partial charge in [0.05, 0.1) is 5.92 Å². The molecule has 1 aliphatic carbocycles. The second kappa shape index (κ2) is 8.51. The molecule has 0 aromatic carbocycles. The highest BCUT2D eigenvalue weighted by atomic mass is 16.2. The summed E-state index contributed by atoms with van der Waals surface area (Å²) >= 11 is 0. The Labute approximate surface area is 131 Å². The molecule has 1 aromatic rings. The van der Waals surface area contributed by atoms with Crippen LogP contribution < -0.4 is 11.1 Å². The number of nitrogens with two attached hydrogens (primary N) is 1. The lowest BCUT2D eigenvalue weighted by atomic mass is 9.94. The zero-order valence-corrected chi connectivity index (χ0v) is 13.0. The maximum atomic E-state index is 12.1. The van der Waals surface area contributed by atoms with E-state index in [2.05, 4.69) is 10.3 Å². The third kappa shape index (κ3) is 5.13. The number of pyridine rings is 1. The highest BCUT2D eigenvalue weighted by Crippen LogP contribution is 2.23. The zero-order valence-electron chi connectivity index (χ0n) is 13.0. The Morgan fingerprint density at radius 3 is 2.77 bits per heavy atom. The quantitative estimate of drug-likeness (QED) is 0.788. The number of aryl methyl sites for hydroxylation is 1. The number of nitrogens with zero attached hydrogens (tertiary/aromatic N) is 1. The van der Waals surface area contributed by atoms with Crippen LogP contribution in [0.3, 0.4) is 0 Å². The van der Waals surface area contributed by atoms with E-state index in [1.807, 2.05) is 18.2 Å². The molecule has 1 saturated carbocycles. The molecule has 120 valence electrons. The molecule has 2 amide bonds. The maximum Gasteiger partial charge on any atom is 0.222 e. The molecule has 22 heavy (non-hydrogen) atoms. The van der Waals surface area contributed by atoms with Crippen LogP contribution in [0.25, 0.3) is 0 Å². The average Bonchev–Trinajstić information content (AvgIpc) is 2.74. The van der Waals surface area contributed by atoms with Crippen LogP contribution in [0.1, 0.15) is 50.6 Å². The van der Waals surface area contributed by atoms with Crippen LogP contribution >= 0.6 is 0 Å². The molecule has 0 unspecified atom stereocenters. The lowest BCUT2D eigenvalue weighted by Crippen LogP contribution is -2.44. The number of rotatable bonds is 6. The molecule has 1 heterocycles. The fourth-order valence-electron chi connectivity index (χ4n) is 3.08. The predicted molar refractivity (Wildman–Crippen MR) is 84.9 cm³/mol. The first kappa shape index (κ1) is 16.5. The number of amides is 2. The van der Waals surface area contributed by atoms with Crippen molar-refractivity contribution >= 4 is 11.8 Å². The van der Waals surface area contributed by atoms with Crippen molar-refractivity contribution in [2.75, 3.05) is 0 Å². The number of carbonyl (C=O) groups excluding carboxylic acids is 2. The minimum Gasteiger partial charge on any atom is -0.369 e. The van der Waals surface area contributed by atoms with Crippen LogP contribution in [0.4, 0.5) is 0 Å². The van der Waals surface area contributed by atoms with Crippen molar-refractivity contribution < 1.29 is 9.59 Å². The van der Waals surface area contributed by atoms with Gasteiger partial charge in [-0.1, -0.05) is 25.3 Å². The summed E-state index contributed by atoms with van der Waals surface area (Å²) in [5.41, 5.74) is 6.48. The van der Waals surface area contributed by atoms with E-state index >= 15 is 0 Å². The molecule has 0 bridgehead atoms. The fraction of sp³-hybridized carbons (Fsp3) is 0.588. The molecule has 1 fully saturated rings. The first-order chi connectivity index (χ1) is 10.7. The van der Waals surface area contributed by atoms with E-state index in [9.17, 15) is 9.59 Å². The number of carbonyl (C=O) groups is 2. The molecule has 2 rings (SSSR count). The zero-order chi connectivity index (χ0) is 15.8. The Morgan fingerprint density at radius 1 is 1.23 bits per heavy atom. The molecule has 0 spiro atoms. The minimum atomic E-state index is -0.291. The van der Waals surface area contributed by atoms with Gasteiger partial charge in [-0.3, -0.25) is 14.6 Å². The predicted octanol–water partition coefficient (Wildman–Crippen LogP) is 1.95. The summed E-state index contributed by atoms with van der Waals surface area (Å²) in [6.07, 6.45) is 8.57. The van der Waals surface area contributed by atoms with Gasteiger partial charge in [0.25, 0.3) is 0 Å². The standard InChI is InChI=1S/C17H25N3O2/c18-17(22)14-9-2-1-3-10-15(14)20-16(21)11-6-8-13-7-4-5-12-19-13/h4-5,7,12,14-15H,1-3,6,8-11H2,(H2,18,22)(H,20,21)/t14-,15+/m1/s1. The summed E-state index contributed by atoms with van der Waals surface area (Å²) in [7, 11) is 0. The topological polar surface area (TPSA) is 85.1 Å². The normalized spacial score (nSPS) is 21.8. The van der Waals surface area contributed by atoms with Crippen LogP contribution in [0.5, 0.6) is 0 Å². The van der Waals surface area contributed by atoms with Gasteiger partial charge in [0, 0.05) is 24.4 Å². The molecule has 5 nitrogen and oxygen atoms in total. The van der Waals surface area contributed by atoms with Gasteiger partial charge in [0.2, 0.25) is 11.8 Å². The molecular weight excluding hydrogens is 278 g/mol. The van der Waals surface area contributed by atoms with Crippen molar-refractivity contribution in [3.8, 4) is 0 Å². The van der Waals surface area contributed by atoms with Crippen LogP contribution in [0, 0.1) is 5.92 Å². The second-order valence-electron chi connectivity index (χ2n) is 6.00. The molecule has 5 heteroatoms. The van der Waals surface area contributed by atoms with E-state index in [4.69, 9.17) is 5.73 Å². The van der Waals surface area contributed by atoms with Crippen molar-refractivity contribution in [1.29, 1.82) is 0 Å². The Bertz CT molecular complexity index is 490. The average molecular weight is 303 g/mol. The van der Waals surface area contributed by atoms with E-state index in [-0.39, 0.29) is 23.8 Å². The van der Waals surface area contributed by atoms with E-state index < -0.39 is 0 Å². The molecule has 0 radical (unpaired) electrons. The summed E-state index contributed by atoms with van der Waals surface area (Å²) in [6, 6.07) is 5.70. The van der Waals surface area contributed by atoms with Crippen molar-refractivity contribution in [3.63, 3.8) is 0 Å². The van der Waals surface area contributed by atoms with Crippen molar-refractivity contribution in [2.24, 2.45) is 11.7 Å². The number of hydrogen-bond donors (Lipinski definition) is 2. The first-order valence-electron chi connectivity index (χ1n) is 8.15. The molecular formula is C17H25N3O2. The fourth-order valence-corrected chi connectivity index (χ4v) is 3.08. The maximum absolute atomic E-state index is 12.1. The number of primary amides is 1. The smallest absolute Gasteiger partial charge is 0.222 e. The Morgan fingerprint density at radius 2 is 2.05 bits per heavy atom. The summed E-state index contributed by atoms with van der Waals surface area (Å²) in [6.45, 7) is 0. The van der Waals surface area contributed by atoms with Crippen LogP contribution in [-0.4, -0.2) is 22.8 Å². The lowest BCUT2D eigenvalue weighted by molar-refractivity contribution is -0.125. The number of aromatic nitrogens is 1. The van der Waals surface area contributed by atoms with E-state index in [0.29, 0.717) is 6.42 Å². The summed E-state index contributed by atoms with van der Waals surface area (Å²) in [5.74, 6) is -0.503. The molecule has 0 aliphatic heterocycles. The van der Waals surface area contributed by atoms with Gasteiger partial charge in [0.15, 0.2) is 0 Å². The van der Waals surface area contributed by atoms with Gasteiger partial charge in [-0.2, -0.15) is 0 Å². The van der Waals surface area contributed by atoms with Crippen molar-refractivity contribution in [3.05, 3.63) is 30.1 Å². The Hall–Kier alpha value is -1.91. The van der Waals surface area contributed by atoms with E-state index in [1.165, 1.54) is 0 Å². The van der Waals surface area contributed by atoms with Gasteiger partial charge in [0.1, 0.15) is 0 Å². The van der Waals surface area contributed by atoms with Gasteiger partial charge in [-0.25, -0.2) is 0 Å². The van der Waals surface area contributed by atoms with Crippen LogP contribution in [0.15, 0.2) is 24.4 Å². The third-order valence-electron chi connectivity index (χ3n) is 4.29. The number of hydrogen-bond acceptors (Lipinski definition) is 3. The van der Waals surface area contributed by atoms with Gasteiger partial charge >= 0.3 is 0 Å². The summed E-state index contributed by atoms with van der Waals surface area (Å²) < 4.78 is 0. The molecule has 0 saturated heterocycles. The van der Waals surface area contributed by atoms with Crippen molar-refractivity contribution in [2.45, 2.75) is 57.4 Å².